The molecule has 0 unspecified atom stereocenters. The van der Waals surface area contributed by atoms with Crippen LogP contribution in [0.25, 0.3) is 33.5 Å². The Kier molecular flexibility index (Phi) is 3.56. The second kappa shape index (κ2) is 5.73. The van der Waals surface area contributed by atoms with Crippen LogP contribution < -0.4 is 0 Å². The molecule has 1 aromatic heterocycles. The van der Waals surface area contributed by atoms with Crippen molar-refractivity contribution in [2.24, 2.45) is 0 Å². The van der Waals surface area contributed by atoms with Gasteiger partial charge in [0.1, 0.15) is 5.82 Å². The Bertz CT molecular complexity index is 952. The number of hydrogen-bond acceptors (Lipinski definition) is 1. The first-order valence-corrected chi connectivity index (χ1v) is 7.98. The number of rotatable bonds is 2. The van der Waals surface area contributed by atoms with Gasteiger partial charge in [0.25, 0.3) is 0 Å². The van der Waals surface area contributed by atoms with Crippen molar-refractivity contribution in [1.29, 1.82) is 0 Å². The number of hydrogen-bond donors (Lipinski definition) is 1. The van der Waals surface area contributed by atoms with Crippen molar-refractivity contribution in [1.82, 2.24) is 9.97 Å². The van der Waals surface area contributed by atoms with Crippen LogP contribution in [0.4, 0.5) is 0 Å². The maximum absolute atomic E-state index is 6.39. The predicted octanol–water partition coefficient (Wildman–Crippen LogP) is 6.20. The number of halogens is 2. The zero-order valence-electron chi connectivity index (χ0n) is 12.1. The summed E-state index contributed by atoms with van der Waals surface area (Å²) in [4.78, 5) is 8.05. The van der Waals surface area contributed by atoms with E-state index in [1.54, 1.807) is 0 Å². The normalized spacial score (nSPS) is 11.0. The van der Waals surface area contributed by atoms with Gasteiger partial charge in [0.05, 0.1) is 11.0 Å². The average molecular weight is 339 g/mol. The van der Waals surface area contributed by atoms with Crippen molar-refractivity contribution >= 4 is 34.2 Å². The molecule has 1 N–H and O–H groups in total. The molecule has 0 saturated heterocycles. The predicted molar refractivity (Wildman–Crippen MR) is 97.0 cm³/mol. The highest BCUT2D eigenvalue weighted by Crippen LogP contribution is 2.39. The molecule has 0 spiro atoms. The molecule has 4 rings (SSSR count). The first kappa shape index (κ1) is 14.3. The van der Waals surface area contributed by atoms with E-state index in [4.69, 9.17) is 23.2 Å². The van der Waals surface area contributed by atoms with Gasteiger partial charge in [0, 0.05) is 21.2 Å². The third-order valence-corrected chi connectivity index (χ3v) is 4.43. The maximum Gasteiger partial charge on any atom is 0.139 e. The second-order valence-electron chi connectivity index (χ2n) is 5.24. The van der Waals surface area contributed by atoms with Crippen molar-refractivity contribution in [3.8, 4) is 22.5 Å². The summed E-state index contributed by atoms with van der Waals surface area (Å²) in [6.07, 6.45) is 0. The SMILES string of the molecule is Clc1cccc(Cl)c1-c1ccccc1-c1nc2ccccc2[nH]1. The average Bonchev–Trinajstić information content (AvgIpc) is 2.99. The zero-order valence-corrected chi connectivity index (χ0v) is 13.6. The molecule has 1 heterocycles. The molecule has 23 heavy (non-hydrogen) atoms. The molecular weight excluding hydrogens is 327 g/mol. The zero-order chi connectivity index (χ0) is 15.8. The van der Waals surface area contributed by atoms with E-state index < -0.39 is 0 Å². The Morgan fingerprint density at radius 1 is 0.696 bits per heavy atom. The lowest BCUT2D eigenvalue weighted by molar-refractivity contribution is 1.34. The number of para-hydroxylation sites is 2. The van der Waals surface area contributed by atoms with Gasteiger partial charge in [-0.2, -0.15) is 0 Å². The minimum Gasteiger partial charge on any atom is -0.338 e. The monoisotopic (exact) mass is 338 g/mol. The van der Waals surface area contributed by atoms with E-state index in [1.165, 1.54) is 0 Å². The van der Waals surface area contributed by atoms with E-state index in [2.05, 4.69) is 9.97 Å². The van der Waals surface area contributed by atoms with Crippen LogP contribution in [-0.2, 0) is 0 Å². The van der Waals surface area contributed by atoms with Crippen LogP contribution >= 0.6 is 23.2 Å². The molecule has 4 heteroatoms. The molecule has 0 fully saturated rings. The highest BCUT2D eigenvalue weighted by molar-refractivity contribution is 6.39. The molecule has 4 aromatic rings. The summed E-state index contributed by atoms with van der Waals surface area (Å²) in [6, 6.07) is 21.5. The van der Waals surface area contributed by atoms with Gasteiger partial charge >= 0.3 is 0 Å². The summed E-state index contributed by atoms with van der Waals surface area (Å²) in [5, 5.41) is 1.25. The number of imidazole rings is 1. The number of nitrogens with zero attached hydrogens (tertiary/aromatic N) is 1. The molecule has 0 bridgehead atoms. The number of aromatic nitrogens is 2. The van der Waals surface area contributed by atoms with Crippen molar-refractivity contribution in [3.63, 3.8) is 0 Å². The molecule has 0 amide bonds. The Morgan fingerprint density at radius 2 is 1.35 bits per heavy atom. The molecular formula is C19H12Cl2N2. The highest BCUT2D eigenvalue weighted by atomic mass is 35.5. The summed E-state index contributed by atoms with van der Waals surface area (Å²) in [6.45, 7) is 0. The van der Waals surface area contributed by atoms with Gasteiger partial charge in [-0.05, 0) is 29.8 Å². The van der Waals surface area contributed by atoms with Crippen LogP contribution in [0.5, 0.6) is 0 Å². The van der Waals surface area contributed by atoms with E-state index in [1.807, 2.05) is 66.7 Å². The molecule has 0 atom stereocenters. The van der Waals surface area contributed by atoms with Gasteiger partial charge in [0.15, 0.2) is 0 Å². The summed E-state index contributed by atoms with van der Waals surface area (Å²) < 4.78 is 0. The van der Waals surface area contributed by atoms with E-state index in [9.17, 15) is 0 Å². The number of aromatic amines is 1. The molecule has 112 valence electrons. The van der Waals surface area contributed by atoms with Gasteiger partial charge in [-0.25, -0.2) is 4.98 Å². The summed E-state index contributed by atoms with van der Waals surface area (Å²) in [5.41, 5.74) is 4.69. The molecule has 0 aliphatic heterocycles. The molecule has 2 nitrogen and oxygen atoms in total. The Balaban J connectivity index is 1.97. The van der Waals surface area contributed by atoms with E-state index >= 15 is 0 Å². The summed E-state index contributed by atoms with van der Waals surface area (Å²) in [5.74, 6) is 0.804. The Hall–Kier alpha value is -2.29. The molecule has 0 radical (unpaired) electrons. The molecule has 0 aliphatic carbocycles. The molecule has 0 aliphatic rings. The van der Waals surface area contributed by atoms with Crippen molar-refractivity contribution in [3.05, 3.63) is 76.8 Å². The largest absolute Gasteiger partial charge is 0.338 e. The van der Waals surface area contributed by atoms with E-state index in [-0.39, 0.29) is 0 Å². The van der Waals surface area contributed by atoms with Crippen molar-refractivity contribution in [2.45, 2.75) is 0 Å². The van der Waals surface area contributed by atoms with Crippen molar-refractivity contribution < 1.29 is 0 Å². The summed E-state index contributed by atoms with van der Waals surface area (Å²) in [7, 11) is 0. The standard InChI is InChI=1S/C19H12Cl2N2/c20-14-8-5-9-15(21)18(14)12-6-1-2-7-13(12)19-22-16-10-3-4-11-17(16)23-19/h1-11H,(H,22,23). The second-order valence-corrected chi connectivity index (χ2v) is 6.06. The minimum absolute atomic E-state index is 0.626. The van der Waals surface area contributed by atoms with Crippen LogP contribution in [0.2, 0.25) is 10.0 Å². The number of fused-ring (bicyclic) bond motifs is 1. The smallest absolute Gasteiger partial charge is 0.139 e. The number of H-pyrrole nitrogens is 1. The summed E-state index contributed by atoms with van der Waals surface area (Å²) >= 11 is 12.8. The lowest BCUT2D eigenvalue weighted by atomic mass is 9.99. The molecule has 3 aromatic carbocycles. The van der Waals surface area contributed by atoms with Gasteiger partial charge in [0.2, 0.25) is 0 Å². The third-order valence-electron chi connectivity index (χ3n) is 3.80. The fourth-order valence-electron chi connectivity index (χ4n) is 2.74. The maximum atomic E-state index is 6.39. The van der Waals surface area contributed by atoms with Crippen LogP contribution in [-0.4, -0.2) is 9.97 Å². The van der Waals surface area contributed by atoms with Gasteiger partial charge in [-0.15, -0.1) is 0 Å². The third kappa shape index (κ3) is 2.50. The lowest BCUT2D eigenvalue weighted by Crippen LogP contribution is -1.88. The van der Waals surface area contributed by atoms with Crippen LogP contribution in [0.3, 0.4) is 0 Å². The van der Waals surface area contributed by atoms with E-state index in [0.29, 0.717) is 10.0 Å². The lowest BCUT2D eigenvalue weighted by Gasteiger charge is -2.11. The fourth-order valence-corrected chi connectivity index (χ4v) is 3.34. The van der Waals surface area contributed by atoms with Crippen LogP contribution in [0.15, 0.2) is 66.7 Å². The number of nitrogens with one attached hydrogen (secondary N) is 1. The van der Waals surface area contributed by atoms with Crippen molar-refractivity contribution in [2.75, 3.05) is 0 Å². The van der Waals surface area contributed by atoms with Gasteiger partial charge in [-0.3, -0.25) is 0 Å². The molecule has 0 saturated carbocycles. The first-order chi connectivity index (χ1) is 11.2. The fraction of sp³-hybridized carbons (Fsp3) is 0. The quantitative estimate of drug-likeness (QED) is 0.462. The van der Waals surface area contributed by atoms with Gasteiger partial charge in [-0.1, -0.05) is 65.7 Å². The van der Waals surface area contributed by atoms with E-state index in [0.717, 1.165) is 33.5 Å². The highest BCUT2D eigenvalue weighted by Gasteiger charge is 2.15. The topological polar surface area (TPSA) is 28.7 Å². The van der Waals surface area contributed by atoms with Gasteiger partial charge < -0.3 is 4.98 Å². The minimum atomic E-state index is 0.626. The number of benzene rings is 3. The first-order valence-electron chi connectivity index (χ1n) is 7.22. The Labute approximate surface area is 143 Å². The van der Waals surface area contributed by atoms with Crippen LogP contribution in [0, 0.1) is 0 Å². The Morgan fingerprint density at radius 3 is 2.09 bits per heavy atom. The van der Waals surface area contributed by atoms with Crippen LogP contribution in [0.1, 0.15) is 0 Å².